The Kier molecular flexibility index (Phi) is 11.2. The van der Waals surface area contributed by atoms with Crippen LogP contribution in [0.15, 0.2) is 65.6 Å². The number of aromatic carboxylic acids is 1. The lowest BCUT2D eigenvalue weighted by molar-refractivity contribution is 0.0702. The summed E-state index contributed by atoms with van der Waals surface area (Å²) in [7, 11) is 0. The number of ketones is 1. The van der Waals surface area contributed by atoms with Crippen LogP contribution in [0.2, 0.25) is 10.0 Å². The number of nitrogens with two attached hydrogens (primary N) is 1. The van der Waals surface area contributed by atoms with Gasteiger partial charge in [0, 0.05) is 17.8 Å². The molecule has 0 aliphatic heterocycles. The van der Waals surface area contributed by atoms with Crippen LogP contribution in [-0.4, -0.2) is 33.5 Å². The summed E-state index contributed by atoms with van der Waals surface area (Å²) in [4.78, 5) is 26.2. The highest BCUT2D eigenvalue weighted by Gasteiger charge is 2.15. The van der Waals surface area contributed by atoms with Crippen molar-refractivity contribution in [3.05, 3.63) is 91.7 Å². The van der Waals surface area contributed by atoms with E-state index in [1.807, 2.05) is 12.1 Å². The maximum absolute atomic E-state index is 11.2. The Morgan fingerprint density at radius 2 is 1.76 bits per heavy atom. The summed E-state index contributed by atoms with van der Waals surface area (Å²) in [5, 5.41) is 22.5. The number of halogens is 2. The molecule has 0 aliphatic carbocycles. The number of pyridine rings is 1. The fourth-order valence-electron chi connectivity index (χ4n) is 2.56. The van der Waals surface area contributed by atoms with Crippen molar-refractivity contribution in [3.63, 3.8) is 0 Å². The second kappa shape index (κ2) is 13.8. The summed E-state index contributed by atoms with van der Waals surface area (Å²) in [5.74, 6) is -1.01. The van der Waals surface area contributed by atoms with Crippen LogP contribution < -0.4 is 5.73 Å². The maximum Gasteiger partial charge on any atom is 0.345 e. The molecule has 3 aromatic heterocycles. The Bertz CT molecular complexity index is 1210. The van der Waals surface area contributed by atoms with Gasteiger partial charge in [0.25, 0.3) is 0 Å². The minimum Gasteiger partial charge on any atom is -0.506 e. The van der Waals surface area contributed by atoms with Crippen LogP contribution >= 0.6 is 45.9 Å². The van der Waals surface area contributed by atoms with Gasteiger partial charge >= 0.3 is 5.97 Å². The lowest BCUT2D eigenvalue weighted by Gasteiger charge is -2.02. The number of hydrogen-bond acceptors (Lipinski definition) is 7. The molecule has 0 atom stereocenters. The molecule has 34 heavy (non-hydrogen) atoms. The standard InChI is InChI=1S/C12H8Cl2O2S.C7H10N2.C5H4O2S/c1-6(15)8-5-17-12(11(8)16)7-2-3-9(13)10(14)4-7;8-4-1-7-2-5-9-6-3-7;6-5(7)4-2-1-3-8-4/h2-5,16H,1H3;2-3,5-6H,1,4,8H2;1-3H,(H,6,7). The van der Waals surface area contributed by atoms with Crippen LogP contribution in [0.4, 0.5) is 0 Å². The zero-order valence-corrected chi connectivity index (χ0v) is 21.2. The summed E-state index contributed by atoms with van der Waals surface area (Å²) in [5.41, 5.74) is 7.67. The Labute approximate surface area is 215 Å². The van der Waals surface area contributed by atoms with Gasteiger partial charge in [-0.25, -0.2) is 4.79 Å². The Balaban J connectivity index is 0.000000201. The lowest BCUT2D eigenvalue weighted by atomic mass is 10.1. The molecule has 4 N–H and O–H groups in total. The van der Waals surface area contributed by atoms with Crippen LogP contribution in [-0.2, 0) is 6.42 Å². The second-order valence-electron chi connectivity index (χ2n) is 6.69. The molecular weight excluding hydrogens is 515 g/mol. The number of thiophene rings is 2. The number of hydrogen-bond donors (Lipinski definition) is 3. The highest BCUT2D eigenvalue weighted by molar-refractivity contribution is 7.14. The molecule has 0 amide bonds. The molecule has 0 fully saturated rings. The van der Waals surface area contributed by atoms with Crippen LogP contribution in [0, 0.1) is 0 Å². The van der Waals surface area contributed by atoms with Crippen LogP contribution in [0.3, 0.4) is 0 Å². The molecule has 0 spiro atoms. The van der Waals surface area contributed by atoms with Crippen molar-refractivity contribution in [2.24, 2.45) is 5.73 Å². The van der Waals surface area contributed by atoms with Crippen molar-refractivity contribution in [1.82, 2.24) is 4.98 Å². The third-order valence-corrected chi connectivity index (χ3v) is 6.86. The molecule has 10 heteroatoms. The van der Waals surface area contributed by atoms with Gasteiger partial charge in [-0.15, -0.1) is 22.7 Å². The van der Waals surface area contributed by atoms with Gasteiger partial charge in [0.1, 0.15) is 10.6 Å². The molecule has 0 saturated carbocycles. The monoisotopic (exact) mass is 536 g/mol. The maximum atomic E-state index is 11.2. The largest absolute Gasteiger partial charge is 0.506 e. The van der Waals surface area contributed by atoms with E-state index in [9.17, 15) is 14.7 Å². The fourth-order valence-corrected chi connectivity index (χ4v) is 4.42. The zero-order chi connectivity index (χ0) is 25.1. The van der Waals surface area contributed by atoms with Gasteiger partial charge in [-0.05, 0) is 66.7 Å². The number of benzene rings is 1. The second-order valence-corrected chi connectivity index (χ2v) is 9.33. The minimum atomic E-state index is -0.847. The van der Waals surface area contributed by atoms with Gasteiger partial charge in [-0.3, -0.25) is 9.78 Å². The first kappa shape index (κ1) is 27.5. The van der Waals surface area contributed by atoms with Crippen molar-refractivity contribution in [1.29, 1.82) is 0 Å². The van der Waals surface area contributed by atoms with E-state index >= 15 is 0 Å². The van der Waals surface area contributed by atoms with Gasteiger partial charge in [0.2, 0.25) is 0 Å². The quantitative estimate of drug-likeness (QED) is 0.246. The lowest BCUT2D eigenvalue weighted by Crippen LogP contribution is -2.02. The number of carbonyl (C=O) groups is 2. The molecule has 6 nitrogen and oxygen atoms in total. The van der Waals surface area contributed by atoms with Gasteiger partial charge in [0.05, 0.1) is 20.5 Å². The average Bonchev–Trinajstić information content (AvgIpc) is 3.48. The van der Waals surface area contributed by atoms with E-state index in [4.69, 9.17) is 34.0 Å². The van der Waals surface area contributed by atoms with E-state index in [1.165, 1.54) is 35.2 Å². The molecule has 1 aromatic carbocycles. The summed E-state index contributed by atoms with van der Waals surface area (Å²) < 4.78 is 0. The summed E-state index contributed by atoms with van der Waals surface area (Å²) in [6.07, 6.45) is 4.51. The Morgan fingerprint density at radius 3 is 2.24 bits per heavy atom. The molecule has 4 rings (SSSR count). The molecule has 0 bridgehead atoms. The van der Waals surface area contributed by atoms with Gasteiger partial charge < -0.3 is 15.9 Å². The van der Waals surface area contributed by atoms with E-state index in [2.05, 4.69) is 4.98 Å². The predicted octanol–water partition coefficient (Wildman–Crippen LogP) is 6.66. The first-order valence-electron chi connectivity index (χ1n) is 9.87. The van der Waals surface area contributed by atoms with Gasteiger partial charge in [0.15, 0.2) is 5.78 Å². The molecule has 0 unspecified atom stereocenters. The van der Waals surface area contributed by atoms with Gasteiger partial charge in [-0.1, -0.05) is 35.3 Å². The number of rotatable bonds is 5. The van der Waals surface area contributed by atoms with E-state index in [0.717, 1.165) is 12.0 Å². The van der Waals surface area contributed by atoms with Crippen molar-refractivity contribution in [2.45, 2.75) is 13.3 Å². The molecule has 0 radical (unpaired) electrons. The average molecular weight is 537 g/mol. The van der Waals surface area contributed by atoms with E-state index in [0.29, 0.717) is 31.9 Å². The molecular formula is C24H22Cl2N2O4S2. The van der Waals surface area contributed by atoms with Crippen molar-refractivity contribution in [3.8, 4) is 16.2 Å². The van der Waals surface area contributed by atoms with E-state index in [1.54, 1.807) is 53.5 Å². The van der Waals surface area contributed by atoms with E-state index < -0.39 is 5.97 Å². The highest BCUT2D eigenvalue weighted by atomic mass is 35.5. The first-order chi connectivity index (χ1) is 16.2. The van der Waals surface area contributed by atoms with Crippen LogP contribution in [0.5, 0.6) is 5.75 Å². The molecule has 3 heterocycles. The highest BCUT2D eigenvalue weighted by Crippen LogP contribution is 2.40. The minimum absolute atomic E-state index is 0.000823. The summed E-state index contributed by atoms with van der Waals surface area (Å²) in [6.45, 7) is 2.13. The number of Topliss-reactive ketones (excluding diaryl/α,β-unsaturated/α-hetero) is 1. The number of carboxylic acids is 1. The van der Waals surface area contributed by atoms with Crippen molar-refractivity contribution >= 4 is 57.6 Å². The normalized spacial score (nSPS) is 9.88. The SMILES string of the molecule is CC(=O)c1csc(-c2ccc(Cl)c(Cl)c2)c1O.NCCc1ccncc1.O=C(O)c1cccs1. The molecule has 0 saturated heterocycles. The summed E-state index contributed by atoms with van der Waals surface area (Å²) >= 11 is 14.3. The number of carbonyl (C=O) groups excluding carboxylic acids is 1. The van der Waals surface area contributed by atoms with Crippen LogP contribution in [0.1, 0.15) is 32.5 Å². The van der Waals surface area contributed by atoms with Crippen molar-refractivity contribution in [2.75, 3.05) is 6.54 Å². The Hall–Kier alpha value is -2.75. The third kappa shape index (κ3) is 8.23. The number of carboxylic acid groups (broad SMARTS) is 1. The topological polar surface area (TPSA) is 114 Å². The third-order valence-electron chi connectivity index (χ3n) is 4.24. The number of aromatic nitrogens is 1. The van der Waals surface area contributed by atoms with E-state index in [-0.39, 0.29) is 11.5 Å². The molecule has 178 valence electrons. The molecule has 0 aliphatic rings. The van der Waals surface area contributed by atoms with Crippen LogP contribution in [0.25, 0.3) is 10.4 Å². The van der Waals surface area contributed by atoms with Gasteiger partial charge in [-0.2, -0.15) is 0 Å². The summed E-state index contributed by atoms with van der Waals surface area (Å²) in [6, 6.07) is 12.3. The predicted molar refractivity (Wildman–Crippen MR) is 140 cm³/mol. The zero-order valence-electron chi connectivity index (χ0n) is 18.1. The number of nitrogens with zero attached hydrogens (tertiary/aromatic N) is 1. The first-order valence-corrected chi connectivity index (χ1v) is 12.4. The van der Waals surface area contributed by atoms with Crippen molar-refractivity contribution < 1.29 is 19.8 Å². The smallest absolute Gasteiger partial charge is 0.345 e. The number of aromatic hydroxyl groups is 1. The molecule has 4 aromatic rings. The Morgan fingerprint density at radius 1 is 1.06 bits per heavy atom. The fraction of sp³-hybridized carbons (Fsp3) is 0.125.